The van der Waals surface area contributed by atoms with Gasteiger partial charge in [0.25, 0.3) is 0 Å². The Bertz CT molecular complexity index is 935. The number of rotatable bonds is 8. The summed E-state index contributed by atoms with van der Waals surface area (Å²) in [6.45, 7) is 7.23. The normalized spacial score (nSPS) is 14.9. The number of halogens is 2. The molecule has 1 amide bonds. The van der Waals surface area contributed by atoms with Crippen LogP contribution in [0.4, 0.5) is 11.6 Å². The lowest BCUT2D eigenvalue weighted by Crippen LogP contribution is -2.51. The van der Waals surface area contributed by atoms with E-state index in [1.165, 1.54) is 19.7 Å². The quantitative estimate of drug-likeness (QED) is 0.391. The summed E-state index contributed by atoms with van der Waals surface area (Å²) in [7, 11) is 1.47. The van der Waals surface area contributed by atoms with E-state index in [4.69, 9.17) is 10.6 Å². The molecule has 1 aromatic heterocycles. The number of anilines is 2. The van der Waals surface area contributed by atoms with Crippen molar-refractivity contribution < 1.29 is 9.63 Å². The number of hydrogen-bond donors (Lipinski definition) is 2. The third kappa shape index (κ3) is 7.02. The molecule has 0 radical (unpaired) electrons. The maximum absolute atomic E-state index is 13.5. The molecule has 0 saturated carbocycles. The molecular weight excluding hydrogens is 510 g/mol. The number of carbonyl (C=O) groups is 1. The summed E-state index contributed by atoms with van der Waals surface area (Å²) in [4.78, 5) is 30.7. The number of nitrogens with two attached hydrogens (primary N) is 1. The minimum atomic E-state index is -0.240. The topological polar surface area (TPSA) is 109 Å². The number of nitrogens with zero attached hydrogens (tertiary/aromatic N) is 5. The molecule has 1 unspecified atom stereocenters. The van der Waals surface area contributed by atoms with Crippen LogP contribution in [-0.2, 0) is 9.63 Å². The number of nitrogens with one attached hydrogen (secondary N) is 1. The molecule has 1 aliphatic heterocycles. The largest absolute Gasteiger partial charge is 0.399 e. The second-order valence-electron chi connectivity index (χ2n) is 7.89. The Balaban J connectivity index is 0.00000385. The molecule has 1 atom stereocenters. The van der Waals surface area contributed by atoms with Gasteiger partial charge in [0.15, 0.2) is 0 Å². The zero-order chi connectivity index (χ0) is 23.1. The van der Waals surface area contributed by atoms with E-state index in [1.54, 1.807) is 0 Å². The number of hydrogen-bond acceptors (Lipinski definition) is 8. The van der Waals surface area contributed by atoms with Gasteiger partial charge in [-0.1, -0.05) is 47.1 Å². The smallest absolute Gasteiger partial charge is 0.231 e. The van der Waals surface area contributed by atoms with E-state index in [0.717, 1.165) is 10.0 Å². The second kappa shape index (κ2) is 12.7. The highest BCUT2D eigenvalue weighted by molar-refractivity contribution is 9.10. The minimum Gasteiger partial charge on any atom is -0.399 e. The Labute approximate surface area is 209 Å². The zero-order valence-corrected chi connectivity index (χ0v) is 21.5. The summed E-state index contributed by atoms with van der Waals surface area (Å²) in [6.07, 6.45) is 2.96. The highest BCUT2D eigenvalue weighted by atomic mass is 79.9. The number of benzene rings is 1. The Morgan fingerprint density at radius 1 is 1.24 bits per heavy atom. The van der Waals surface area contributed by atoms with Gasteiger partial charge in [0, 0.05) is 43.2 Å². The molecule has 3 rings (SSSR count). The summed E-state index contributed by atoms with van der Waals surface area (Å²) in [5.74, 6) is 0.917. The Kier molecular flexibility index (Phi) is 10.3. The predicted octanol–water partition coefficient (Wildman–Crippen LogP) is 2.65. The first-order valence-electron chi connectivity index (χ1n) is 10.6. The fourth-order valence-corrected chi connectivity index (χ4v) is 3.90. The summed E-state index contributed by atoms with van der Waals surface area (Å²) >= 11 is 3.47. The molecule has 1 aromatic carbocycles. The molecule has 1 saturated heterocycles. The fraction of sp³-hybridized carbons (Fsp3) is 0.455. The number of carbonyl (C=O) groups excluding carboxylic acids is 1. The maximum atomic E-state index is 13.5. The molecule has 2 heterocycles. The summed E-state index contributed by atoms with van der Waals surface area (Å²) < 4.78 is 0.995. The lowest BCUT2D eigenvalue weighted by atomic mass is 9.96. The first-order valence-corrected chi connectivity index (χ1v) is 11.4. The number of oxime groups is 1. The molecule has 3 N–H and O–H groups in total. The lowest BCUT2D eigenvalue weighted by molar-refractivity contribution is -0.133. The van der Waals surface area contributed by atoms with Gasteiger partial charge >= 0.3 is 0 Å². The molecule has 9 nitrogen and oxygen atoms in total. The molecule has 33 heavy (non-hydrogen) atoms. The van der Waals surface area contributed by atoms with Gasteiger partial charge in [0.2, 0.25) is 5.91 Å². The van der Waals surface area contributed by atoms with Gasteiger partial charge < -0.3 is 25.7 Å². The highest BCUT2D eigenvalue weighted by Crippen LogP contribution is 2.24. The second-order valence-corrected chi connectivity index (χ2v) is 8.81. The average Bonchev–Trinajstić information content (AvgIpc) is 2.79. The van der Waals surface area contributed by atoms with Crippen molar-refractivity contribution in [2.45, 2.75) is 25.8 Å². The van der Waals surface area contributed by atoms with Crippen molar-refractivity contribution in [3.8, 4) is 0 Å². The van der Waals surface area contributed by atoms with Crippen LogP contribution in [0.5, 0.6) is 0 Å². The van der Waals surface area contributed by atoms with Crippen LogP contribution in [0.25, 0.3) is 0 Å². The van der Waals surface area contributed by atoms with Crippen LogP contribution in [0.15, 0.2) is 40.2 Å². The molecule has 2 aromatic rings. The van der Waals surface area contributed by atoms with Crippen LogP contribution < -0.4 is 16.0 Å². The average molecular weight is 541 g/mol. The monoisotopic (exact) mass is 539 g/mol. The van der Waals surface area contributed by atoms with E-state index in [9.17, 15) is 4.79 Å². The van der Waals surface area contributed by atoms with Crippen LogP contribution in [-0.4, -0.2) is 72.9 Å². The van der Waals surface area contributed by atoms with E-state index in [2.05, 4.69) is 55.1 Å². The lowest BCUT2D eigenvalue weighted by Gasteiger charge is -2.37. The van der Waals surface area contributed by atoms with Gasteiger partial charge in [0.1, 0.15) is 25.1 Å². The molecule has 0 spiro atoms. The first kappa shape index (κ1) is 26.8. The Hall–Kier alpha value is -2.43. The molecule has 180 valence electrons. The Morgan fingerprint density at radius 2 is 1.91 bits per heavy atom. The van der Waals surface area contributed by atoms with Gasteiger partial charge in [0.05, 0.1) is 17.7 Å². The van der Waals surface area contributed by atoms with Crippen molar-refractivity contribution in [2.75, 3.05) is 50.5 Å². The van der Waals surface area contributed by atoms with Gasteiger partial charge in [-0.3, -0.25) is 4.79 Å². The molecular formula is C22H31BrClN7O2. The SMILES string of the molecule is CON=Cc1c(N)ncnc1N1CCN(C(=O)C(CNC(C)C)c2ccc(Br)cc2)CC1.Cl. The first-order chi connectivity index (χ1) is 15.4. The highest BCUT2D eigenvalue weighted by Gasteiger charge is 2.30. The summed E-state index contributed by atoms with van der Waals surface area (Å²) in [5.41, 5.74) is 7.64. The van der Waals surface area contributed by atoms with Crippen LogP contribution in [0, 0.1) is 0 Å². The molecule has 1 aliphatic rings. The zero-order valence-electron chi connectivity index (χ0n) is 19.1. The number of piperazine rings is 1. The fourth-order valence-electron chi connectivity index (χ4n) is 3.64. The minimum absolute atomic E-state index is 0. The van der Waals surface area contributed by atoms with Crippen LogP contribution >= 0.6 is 28.3 Å². The Morgan fingerprint density at radius 3 is 2.52 bits per heavy atom. The van der Waals surface area contributed by atoms with Crippen molar-refractivity contribution >= 4 is 52.1 Å². The van der Waals surface area contributed by atoms with Crippen molar-refractivity contribution in [3.05, 3.63) is 46.2 Å². The molecule has 1 fully saturated rings. The standard InChI is InChI=1S/C22H30BrN7O2.ClH/c1-15(2)25-12-18(16-4-6-17(23)7-5-16)22(31)30-10-8-29(9-11-30)21-19(13-28-32-3)20(24)26-14-27-21;/h4-7,13-15,18,25H,8-12H2,1-3H3,(H2,24,26,27);1H. The third-order valence-electron chi connectivity index (χ3n) is 5.37. The third-order valence-corrected chi connectivity index (χ3v) is 5.90. The molecule has 11 heteroatoms. The van der Waals surface area contributed by atoms with E-state index in [1.807, 2.05) is 29.2 Å². The summed E-state index contributed by atoms with van der Waals surface area (Å²) in [5, 5.41) is 7.23. The maximum Gasteiger partial charge on any atom is 0.231 e. The van der Waals surface area contributed by atoms with Gasteiger partial charge in [-0.2, -0.15) is 0 Å². The van der Waals surface area contributed by atoms with Crippen molar-refractivity contribution in [1.82, 2.24) is 20.2 Å². The summed E-state index contributed by atoms with van der Waals surface area (Å²) in [6, 6.07) is 8.27. The van der Waals surface area contributed by atoms with Crippen LogP contribution in [0.3, 0.4) is 0 Å². The van der Waals surface area contributed by atoms with Crippen molar-refractivity contribution in [2.24, 2.45) is 5.16 Å². The van der Waals surface area contributed by atoms with Gasteiger partial charge in [-0.15, -0.1) is 12.4 Å². The molecule has 0 bridgehead atoms. The van der Waals surface area contributed by atoms with E-state index in [0.29, 0.717) is 56.0 Å². The van der Waals surface area contributed by atoms with Gasteiger partial charge in [-0.05, 0) is 17.7 Å². The molecule has 0 aliphatic carbocycles. The van der Waals surface area contributed by atoms with Crippen molar-refractivity contribution in [3.63, 3.8) is 0 Å². The van der Waals surface area contributed by atoms with E-state index < -0.39 is 0 Å². The van der Waals surface area contributed by atoms with Crippen LogP contribution in [0.1, 0.15) is 30.9 Å². The predicted molar refractivity (Wildman–Crippen MR) is 137 cm³/mol. The number of aromatic nitrogens is 2. The van der Waals surface area contributed by atoms with Crippen LogP contribution in [0.2, 0.25) is 0 Å². The van der Waals surface area contributed by atoms with Crippen molar-refractivity contribution in [1.29, 1.82) is 0 Å². The van der Waals surface area contributed by atoms with E-state index >= 15 is 0 Å². The number of amides is 1. The number of nitrogen functional groups attached to an aromatic ring is 1. The van der Waals surface area contributed by atoms with Gasteiger partial charge in [-0.25, -0.2) is 9.97 Å². The van der Waals surface area contributed by atoms with E-state index in [-0.39, 0.29) is 24.2 Å².